The van der Waals surface area contributed by atoms with Crippen LogP contribution in [0.4, 0.5) is 5.69 Å². The first kappa shape index (κ1) is 17.6. The van der Waals surface area contributed by atoms with E-state index in [0.717, 1.165) is 10.9 Å². The number of nitrogens with one attached hydrogen (secondary N) is 1. The van der Waals surface area contributed by atoms with Gasteiger partial charge in [0.05, 0.1) is 17.0 Å². The molecule has 1 atom stereocenters. The van der Waals surface area contributed by atoms with Crippen molar-refractivity contribution >= 4 is 28.9 Å². The highest BCUT2D eigenvalue weighted by molar-refractivity contribution is 7.09. The molecule has 1 aromatic carbocycles. The lowest BCUT2D eigenvalue weighted by atomic mass is 10.1. The van der Waals surface area contributed by atoms with Crippen LogP contribution in [0.3, 0.4) is 0 Å². The van der Waals surface area contributed by atoms with Crippen LogP contribution in [-0.4, -0.2) is 22.9 Å². The molecule has 7 nitrogen and oxygen atoms in total. The van der Waals surface area contributed by atoms with Gasteiger partial charge in [-0.1, -0.05) is 12.1 Å². The molecule has 0 saturated carbocycles. The number of nitro groups is 1. The number of hydrogen-bond acceptors (Lipinski definition) is 6. The molecule has 0 radical (unpaired) electrons. The maximum Gasteiger partial charge on any atom is 0.339 e. The molecule has 2 rings (SSSR count). The molecule has 1 heterocycles. The van der Waals surface area contributed by atoms with Gasteiger partial charge in [-0.25, -0.2) is 4.79 Å². The van der Waals surface area contributed by atoms with E-state index in [1.54, 1.807) is 6.92 Å². The fourth-order valence-electron chi connectivity index (χ4n) is 1.95. The lowest BCUT2D eigenvalue weighted by Crippen LogP contribution is -2.35. The predicted octanol–water partition coefficient (Wildman–Crippen LogP) is 2.83. The Morgan fingerprint density at radius 1 is 1.38 bits per heavy atom. The van der Waals surface area contributed by atoms with Crippen LogP contribution in [-0.2, 0) is 16.1 Å². The quantitative estimate of drug-likeness (QED) is 0.492. The van der Waals surface area contributed by atoms with Crippen LogP contribution in [0, 0.1) is 17.0 Å². The van der Waals surface area contributed by atoms with Crippen molar-refractivity contribution in [2.45, 2.75) is 26.5 Å². The number of aryl methyl sites for hydroxylation is 1. The standard InChI is InChI=1S/C16H16N2O5S/c1-10-5-6-12(8-14(10)18(21)22)16(20)23-11(2)15(19)17-9-13-4-3-7-24-13/h3-8,11H,9H2,1-2H3,(H,17,19)/t11-/m1/s1. The van der Waals surface area contributed by atoms with E-state index in [0.29, 0.717) is 12.1 Å². The summed E-state index contributed by atoms with van der Waals surface area (Å²) < 4.78 is 5.07. The Morgan fingerprint density at radius 2 is 2.12 bits per heavy atom. The summed E-state index contributed by atoms with van der Waals surface area (Å²) in [5.41, 5.74) is 0.308. The maximum atomic E-state index is 12.1. The third-order valence-electron chi connectivity index (χ3n) is 3.31. The van der Waals surface area contributed by atoms with Crippen LogP contribution in [0.15, 0.2) is 35.7 Å². The van der Waals surface area contributed by atoms with E-state index in [1.165, 1.54) is 30.4 Å². The molecular formula is C16H16N2O5S. The van der Waals surface area contributed by atoms with Crippen molar-refractivity contribution in [3.05, 3.63) is 61.8 Å². The van der Waals surface area contributed by atoms with E-state index in [9.17, 15) is 19.7 Å². The molecule has 0 aliphatic carbocycles. The van der Waals surface area contributed by atoms with Crippen molar-refractivity contribution in [3.8, 4) is 0 Å². The lowest BCUT2D eigenvalue weighted by molar-refractivity contribution is -0.385. The molecular weight excluding hydrogens is 332 g/mol. The summed E-state index contributed by atoms with van der Waals surface area (Å²) in [5, 5.41) is 15.5. The van der Waals surface area contributed by atoms with Gasteiger partial charge in [0.2, 0.25) is 0 Å². The van der Waals surface area contributed by atoms with Gasteiger partial charge in [-0.3, -0.25) is 14.9 Å². The van der Waals surface area contributed by atoms with Crippen LogP contribution in [0.1, 0.15) is 27.7 Å². The van der Waals surface area contributed by atoms with Gasteiger partial charge in [0.1, 0.15) is 0 Å². The monoisotopic (exact) mass is 348 g/mol. The number of amides is 1. The summed E-state index contributed by atoms with van der Waals surface area (Å²) in [6, 6.07) is 7.80. The van der Waals surface area contributed by atoms with E-state index < -0.39 is 22.9 Å². The zero-order chi connectivity index (χ0) is 17.7. The number of esters is 1. The second kappa shape index (κ2) is 7.69. The first-order valence-corrected chi connectivity index (χ1v) is 8.02. The first-order chi connectivity index (χ1) is 11.4. The summed E-state index contributed by atoms with van der Waals surface area (Å²) in [6.45, 7) is 3.38. The Hall–Kier alpha value is -2.74. The Morgan fingerprint density at radius 3 is 2.75 bits per heavy atom. The fraction of sp³-hybridized carbons (Fsp3) is 0.250. The SMILES string of the molecule is Cc1ccc(C(=O)O[C@H](C)C(=O)NCc2cccs2)cc1[N+](=O)[O-]. The zero-order valence-electron chi connectivity index (χ0n) is 13.1. The van der Waals surface area contributed by atoms with Gasteiger partial charge < -0.3 is 10.1 Å². The Balaban J connectivity index is 1.96. The van der Waals surface area contributed by atoms with E-state index in [2.05, 4.69) is 5.32 Å². The Labute approximate surface area is 142 Å². The smallest absolute Gasteiger partial charge is 0.339 e. The topological polar surface area (TPSA) is 98.5 Å². The highest BCUT2D eigenvalue weighted by Crippen LogP contribution is 2.20. The number of ether oxygens (including phenoxy) is 1. The van der Waals surface area contributed by atoms with Gasteiger partial charge in [0, 0.05) is 16.5 Å². The van der Waals surface area contributed by atoms with Gasteiger partial charge >= 0.3 is 5.97 Å². The van der Waals surface area contributed by atoms with Crippen LogP contribution in [0.2, 0.25) is 0 Å². The number of carbonyl (C=O) groups is 2. The molecule has 1 aromatic heterocycles. The fourth-order valence-corrected chi connectivity index (χ4v) is 2.59. The van der Waals surface area contributed by atoms with Gasteiger partial charge in [-0.05, 0) is 31.4 Å². The number of nitrogens with zero attached hydrogens (tertiary/aromatic N) is 1. The molecule has 0 bridgehead atoms. The minimum absolute atomic E-state index is 0.0326. The molecule has 0 aliphatic rings. The summed E-state index contributed by atoms with van der Waals surface area (Å²) in [6.07, 6.45) is -1.00. The van der Waals surface area contributed by atoms with Crippen molar-refractivity contribution in [2.75, 3.05) is 0 Å². The highest BCUT2D eigenvalue weighted by atomic mass is 32.1. The predicted molar refractivity (Wildman–Crippen MR) is 88.9 cm³/mol. The molecule has 8 heteroatoms. The van der Waals surface area contributed by atoms with E-state index in [4.69, 9.17) is 4.74 Å². The molecule has 126 valence electrons. The molecule has 2 aromatic rings. The maximum absolute atomic E-state index is 12.1. The number of rotatable bonds is 6. The molecule has 24 heavy (non-hydrogen) atoms. The molecule has 0 fully saturated rings. The van der Waals surface area contributed by atoms with Gasteiger partial charge in [0.15, 0.2) is 6.10 Å². The van der Waals surface area contributed by atoms with Gasteiger partial charge in [-0.2, -0.15) is 0 Å². The average Bonchev–Trinajstić information content (AvgIpc) is 3.05. The van der Waals surface area contributed by atoms with Crippen molar-refractivity contribution in [3.63, 3.8) is 0 Å². The molecule has 0 saturated heterocycles. The number of thiophene rings is 1. The second-order valence-electron chi connectivity index (χ2n) is 5.10. The third-order valence-corrected chi connectivity index (χ3v) is 4.19. The molecule has 0 spiro atoms. The van der Waals surface area contributed by atoms with Crippen LogP contribution in [0.5, 0.6) is 0 Å². The van der Waals surface area contributed by atoms with Crippen molar-refractivity contribution in [1.29, 1.82) is 0 Å². The number of carbonyl (C=O) groups excluding carboxylic acids is 2. The summed E-state index contributed by atoms with van der Waals surface area (Å²) in [4.78, 5) is 35.3. The number of nitro benzene ring substituents is 1. The van der Waals surface area contributed by atoms with Crippen molar-refractivity contribution in [2.24, 2.45) is 0 Å². The van der Waals surface area contributed by atoms with Gasteiger partial charge in [0.25, 0.3) is 11.6 Å². The highest BCUT2D eigenvalue weighted by Gasteiger charge is 2.21. The molecule has 1 amide bonds. The first-order valence-electron chi connectivity index (χ1n) is 7.14. The summed E-state index contributed by atoms with van der Waals surface area (Å²) in [7, 11) is 0. The molecule has 0 unspecified atom stereocenters. The minimum Gasteiger partial charge on any atom is -0.449 e. The average molecular weight is 348 g/mol. The molecule has 0 aliphatic heterocycles. The Bertz CT molecular complexity index is 758. The summed E-state index contributed by atoms with van der Waals surface area (Å²) >= 11 is 1.51. The van der Waals surface area contributed by atoms with Crippen LogP contribution >= 0.6 is 11.3 Å². The van der Waals surface area contributed by atoms with Crippen LogP contribution < -0.4 is 5.32 Å². The number of benzene rings is 1. The van der Waals surface area contributed by atoms with E-state index in [1.807, 2.05) is 17.5 Å². The van der Waals surface area contributed by atoms with Crippen LogP contribution in [0.25, 0.3) is 0 Å². The largest absolute Gasteiger partial charge is 0.449 e. The van der Waals surface area contributed by atoms with E-state index in [-0.39, 0.29) is 11.3 Å². The third kappa shape index (κ3) is 4.39. The zero-order valence-corrected chi connectivity index (χ0v) is 14.0. The lowest BCUT2D eigenvalue weighted by Gasteiger charge is -2.13. The second-order valence-corrected chi connectivity index (χ2v) is 6.14. The number of hydrogen-bond donors (Lipinski definition) is 1. The van der Waals surface area contributed by atoms with Gasteiger partial charge in [-0.15, -0.1) is 11.3 Å². The van der Waals surface area contributed by atoms with Crippen molar-refractivity contribution in [1.82, 2.24) is 5.32 Å². The Kier molecular flexibility index (Phi) is 5.64. The normalized spacial score (nSPS) is 11.6. The van der Waals surface area contributed by atoms with E-state index >= 15 is 0 Å². The minimum atomic E-state index is -1.00. The summed E-state index contributed by atoms with van der Waals surface area (Å²) in [5.74, 6) is -1.21. The molecule has 1 N–H and O–H groups in total. The van der Waals surface area contributed by atoms with Crippen molar-refractivity contribution < 1.29 is 19.2 Å².